The van der Waals surface area contributed by atoms with Crippen molar-refractivity contribution in [1.82, 2.24) is 0 Å². The predicted octanol–water partition coefficient (Wildman–Crippen LogP) is 6.50. The van der Waals surface area contributed by atoms with Crippen molar-refractivity contribution in [2.24, 2.45) is 0 Å². The fourth-order valence-corrected chi connectivity index (χ4v) is 6.16. The Morgan fingerprint density at radius 2 is 1.14 bits per heavy atom. The quantitative estimate of drug-likeness (QED) is 0.307. The van der Waals surface area contributed by atoms with Crippen LogP contribution in [0.25, 0.3) is 0 Å². The number of aliphatic hydroxyl groups is 1. The molecule has 3 heterocycles. The predicted molar refractivity (Wildman–Crippen MR) is 137 cm³/mol. The second-order valence-electron chi connectivity index (χ2n) is 9.54. The highest BCUT2D eigenvalue weighted by molar-refractivity contribution is 6.30. The minimum atomic E-state index is -1.69. The van der Waals surface area contributed by atoms with Gasteiger partial charge in [-0.3, -0.25) is 0 Å². The molecular formula is C30H22Cl2O4. The van der Waals surface area contributed by atoms with Gasteiger partial charge in [-0.2, -0.15) is 0 Å². The van der Waals surface area contributed by atoms with E-state index in [1.165, 1.54) is 0 Å². The van der Waals surface area contributed by atoms with Crippen molar-refractivity contribution < 1.29 is 19.3 Å². The van der Waals surface area contributed by atoms with Gasteiger partial charge in [-0.1, -0.05) is 108 Å². The maximum absolute atomic E-state index is 12.2. The highest BCUT2D eigenvalue weighted by atomic mass is 35.5. The molecule has 6 heteroatoms. The average molecular weight is 517 g/mol. The lowest BCUT2D eigenvalue weighted by atomic mass is 9.72. The normalized spacial score (nSPS) is 34.2. The molecule has 3 saturated heterocycles. The van der Waals surface area contributed by atoms with Gasteiger partial charge in [0.05, 0.1) is 0 Å². The van der Waals surface area contributed by atoms with Crippen LogP contribution in [-0.2, 0) is 31.2 Å². The van der Waals surface area contributed by atoms with Crippen LogP contribution in [0, 0.1) is 0 Å². The van der Waals surface area contributed by atoms with Crippen molar-refractivity contribution in [3.05, 3.63) is 141 Å². The molecule has 0 amide bonds. The monoisotopic (exact) mass is 516 g/mol. The van der Waals surface area contributed by atoms with Crippen molar-refractivity contribution in [3.8, 4) is 0 Å². The van der Waals surface area contributed by atoms with Crippen LogP contribution in [0.15, 0.2) is 109 Å². The van der Waals surface area contributed by atoms with Crippen molar-refractivity contribution in [2.75, 3.05) is 0 Å². The first kappa shape index (κ1) is 22.5. The number of benzene rings is 4. The summed E-state index contributed by atoms with van der Waals surface area (Å²) in [4.78, 5) is 0. The van der Waals surface area contributed by atoms with Crippen LogP contribution >= 0.6 is 23.2 Å². The Morgan fingerprint density at radius 3 is 1.75 bits per heavy atom. The van der Waals surface area contributed by atoms with Gasteiger partial charge in [-0.05, 0) is 41.0 Å². The number of halogens is 2. The van der Waals surface area contributed by atoms with Crippen molar-refractivity contribution in [2.45, 2.75) is 35.3 Å². The molecule has 0 aliphatic carbocycles. The summed E-state index contributed by atoms with van der Waals surface area (Å²) < 4.78 is 19.9. The smallest absolute Gasteiger partial charge is 0.224 e. The second-order valence-corrected chi connectivity index (χ2v) is 10.4. The van der Waals surface area contributed by atoms with Crippen LogP contribution in [0.1, 0.15) is 28.4 Å². The lowest BCUT2D eigenvalue weighted by molar-refractivity contribution is -0.291. The molecule has 4 nitrogen and oxygen atoms in total. The summed E-state index contributed by atoms with van der Waals surface area (Å²) in [6.07, 6.45) is -1.32. The Hall–Kier alpha value is -2.70. The van der Waals surface area contributed by atoms with E-state index in [9.17, 15) is 5.11 Å². The molecule has 0 radical (unpaired) electrons. The first-order chi connectivity index (χ1) is 17.5. The molecule has 180 valence electrons. The standard InChI is InChI=1S/C30H22Cl2O4/c31-23-15-11-19(12-16-23)25-26(34-25)28(20-7-3-1-4-8-20)29(21-13-17-24(32)18-14-21)27(35-29)30(33,36-28)22-9-5-2-6-10-22/h1-18,25-27,33H/t25-,26+,27-,28-,29+,30-/m0/s1. The SMILES string of the molecule is O[C@@]1(c2ccccc2)O[C@@](c2ccccc2)([C@@H]2O[C@H]2c2ccc(Cl)cc2)[C@]2(c3ccc(Cl)cc3)O[C@H]12. The van der Waals surface area contributed by atoms with Crippen LogP contribution in [0.5, 0.6) is 0 Å². The van der Waals surface area contributed by atoms with Crippen molar-refractivity contribution in [3.63, 3.8) is 0 Å². The molecule has 36 heavy (non-hydrogen) atoms. The number of hydrogen-bond donors (Lipinski definition) is 1. The fourth-order valence-electron chi connectivity index (χ4n) is 5.90. The maximum Gasteiger partial charge on any atom is 0.224 e. The number of fused-ring (bicyclic) bond motifs is 1. The van der Waals surface area contributed by atoms with E-state index >= 15 is 0 Å². The lowest BCUT2D eigenvalue weighted by Crippen LogP contribution is -2.47. The van der Waals surface area contributed by atoms with E-state index in [0.29, 0.717) is 15.6 Å². The van der Waals surface area contributed by atoms with Crippen LogP contribution < -0.4 is 0 Å². The van der Waals surface area contributed by atoms with E-state index in [-0.39, 0.29) is 6.10 Å². The first-order valence-electron chi connectivity index (χ1n) is 11.9. The lowest BCUT2D eigenvalue weighted by Gasteiger charge is -2.38. The number of hydrogen-bond acceptors (Lipinski definition) is 4. The molecule has 6 atom stereocenters. The minimum Gasteiger partial charge on any atom is -0.361 e. The Balaban J connectivity index is 1.44. The summed E-state index contributed by atoms with van der Waals surface area (Å²) in [7, 11) is 0. The van der Waals surface area contributed by atoms with Crippen LogP contribution in [0.3, 0.4) is 0 Å². The fraction of sp³-hybridized carbons (Fsp3) is 0.200. The van der Waals surface area contributed by atoms with E-state index < -0.39 is 29.2 Å². The highest BCUT2D eigenvalue weighted by Gasteiger charge is 2.89. The summed E-state index contributed by atoms with van der Waals surface area (Å²) in [5.41, 5.74) is 1.24. The largest absolute Gasteiger partial charge is 0.361 e. The molecule has 1 N–H and O–H groups in total. The Bertz CT molecular complexity index is 1410. The molecule has 0 bridgehead atoms. The van der Waals surface area contributed by atoms with E-state index in [1.807, 2.05) is 109 Å². The van der Waals surface area contributed by atoms with E-state index in [0.717, 1.165) is 16.7 Å². The Labute approximate surface area is 219 Å². The van der Waals surface area contributed by atoms with Gasteiger partial charge in [0.25, 0.3) is 0 Å². The van der Waals surface area contributed by atoms with Gasteiger partial charge in [-0.15, -0.1) is 0 Å². The van der Waals surface area contributed by atoms with E-state index in [4.69, 9.17) is 37.4 Å². The zero-order valence-corrected chi connectivity index (χ0v) is 20.6. The molecule has 3 aliphatic heterocycles. The average Bonchev–Trinajstić information content (AvgIpc) is 3.84. The molecule has 7 rings (SSSR count). The molecule has 0 saturated carbocycles. The molecule has 3 fully saturated rings. The van der Waals surface area contributed by atoms with E-state index in [2.05, 4.69) is 0 Å². The van der Waals surface area contributed by atoms with Crippen molar-refractivity contribution >= 4 is 23.2 Å². The molecule has 0 spiro atoms. The minimum absolute atomic E-state index is 0.255. The zero-order valence-electron chi connectivity index (χ0n) is 19.1. The van der Waals surface area contributed by atoms with Gasteiger partial charge >= 0.3 is 0 Å². The summed E-state index contributed by atoms with van der Waals surface area (Å²) in [5, 5.41) is 13.5. The second kappa shape index (κ2) is 7.90. The van der Waals surface area contributed by atoms with Gasteiger partial charge in [-0.25, -0.2) is 0 Å². The highest BCUT2D eigenvalue weighted by Crippen LogP contribution is 2.76. The molecule has 4 aromatic rings. The molecule has 4 aromatic carbocycles. The van der Waals surface area contributed by atoms with Gasteiger partial charge in [0.2, 0.25) is 5.79 Å². The third-order valence-corrected chi connectivity index (χ3v) is 8.10. The third kappa shape index (κ3) is 3.04. The molecule has 3 aliphatic rings. The van der Waals surface area contributed by atoms with Crippen LogP contribution in [0.4, 0.5) is 0 Å². The topological polar surface area (TPSA) is 54.5 Å². The molecular weight excluding hydrogens is 495 g/mol. The summed E-state index contributed by atoms with van der Waals surface area (Å²) in [6, 6.07) is 34.5. The first-order valence-corrected chi connectivity index (χ1v) is 12.6. The summed E-state index contributed by atoms with van der Waals surface area (Å²) in [5.74, 6) is -1.69. The van der Waals surface area contributed by atoms with Crippen LogP contribution in [-0.4, -0.2) is 17.3 Å². The molecule has 0 unspecified atom stereocenters. The van der Waals surface area contributed by atoms with Crippen LogP contribution in [0.2, 0.25) is 10.0 Å². The van der Waals surface area contributed by atoms with E-state index in [1.54, 1.807) is 0 Å². The summed E-state index contributed by atoms with van der Waals surface area (Å²) in [6.45, 7) is 0. The Morgan fingerprint density at radius 1 is 0.611 bits per heavy atom. The van der Waals surface area contributed by atoms with Gasteiger partial charge in [0, 0.05) is 15.6 Å². The summed E-state index contributed by atoms with van der Waals surface area (Å²) >= 11 is 12.4. The van der Waals surface area contributed by atoms with Crippen molar-refractivity contribution in [1.29, 1.82) is 0 Å². The Kier molecular flexibility index (Phi) is 4.93. The van der Waals surface area contributed by atoms with Gasteiger partial charge in [0.15, 0.2) is 17.3 Å². The van der Waals surface area contributed by atoms with Gasteiger partial charge < -0.3 is 19.3 Å². The maximum atomic E-state index is 12.2. The number of ether oxygens (including phenoxy) is 3. The number of epoxide rings is 2. The van der Waals surface area contributed by atoms with Gasteiger partial charge in [0.1, 0.15) is 12.2 Å². The molecule has 0 aromatic heterocycles. The zero-order chi connectivity index (χ0) is 24.5. The third-order valence-electron chi connectivity index (χ3n) is 7.59. The number of rotatable bonds is 5.